The van der Waals surface area contributed by atoms with Crippen LogP contribution in [0, 0.1) is 13.8 Å². The van der Waals surface area contributed by atoms with Gasteiger partial charge in [0.05, 0.1) is 17.8 Å². The molecule has 3 aromatic rings. The van der Waals surface area contributed by atoms with Crippen molar-refractivity contribution in [3.63, 3.8) is 0 Å². The van der Waals surface area contributed by atoms with Crippen LogP contribution < -0.4 is 5.32 Å². The maximum atomic E-state index is 6.16. The van der Waals surface area contributed by atoms with Crippen molar-refractivity contribution in [3.05, 3.63) is 52.0 Å². The maximum absolute atomic E-state index is 6.16. The highest BCUT2D eigenvalue weighted by molar-refractivity contribution is 6.31. The lowest BCUT2D eigenvalue weighted by Crippen LogP contribution is -2.04. The van der Waals surface area contributed by atoms with Crippen LogP contribution in [0.2, 0.25) is 5.02 Å². The van der Waals surface area contributed by atoms with E-state index in [4.69, 9.17) is 16.1 Å². The first-order chi connectivity index (χ1) is 10.1. The normalized spacial score (nSPS) is 11.4. The molecule has 110 valence electrons. The van der Waals surface area contributed by atoms with Crippen LogP contribution in [-0.4, -0.2) is 16.8 Å². The molecule has 0 radical (unpaired) electrons. The highest BCUT2D eigenvalue weighted by Gasteiger charge is 2.13. The van der Waals surface area contributed by atoms with Crippen molar-refractivity contribution in [2.75, 3.05) is 7.05 Å². The van der Waals surface area contributed by atoms with E-state index in [2.05, 4.69) is 27.3 Å². The van der Waals surface area contributed by atoms with Gasteiger partial charge in [-0.3, -0.25) is 0 Å². The number of aryl methyl sites for hydroxylation is 2. The van der Waals surface area contributed by atoms with Crippen molar-refractivity contribution < 1.29 is 4.52 Å². The predicted molar refractivity (Wildman–Crippen MR) is 84.8 cm³/mol. The van der Waals surface area contributed by atoms with E-state index in [1.807, 2.05) is 33.0 Å². The molecule has 0 bridgehead atoms. The number of fused-ring (bicyclic) bond motifs is 1. The Morgan fingerprint density at radius 2 is 2.14 bits per heavy atom. The largest absolute Gasteiger partial charge is 0.361 e. The molecule has 0 atom stereocenters. The molecule has 5 heteroatoms. The first kappa shape index (κ1) is 14.2. The average molecular weight is 304 g/mol. The SMILES string of the molecule is CNCc1cn(Cc2c(C)noc2C)c2cc(Cl)ccc12. The van der Waals surface area contributed by atoms with Crippen LogP contribution in [0.1, 0.15) is 22.6 Å². The number of hydrogen-bond donors (Lipinski definition) is 1. The quantitative estimate of drug-likeness (QED) is 0.800. The summed E-state index contributed by atoms with van der Waals surface area (Å²) in [5, 5.41) is 9.20. The molecule has 21 heavy (non-hydrogen) atoms. The summed E-state index contributed by atoms with van der Waals surface area (Å²) in [5.74, 6) is 0.867. The van der Waals surface area contributed by atoms with Crippen LogP contribution in [-0.2, 0) is 13.1 Å². The van der Waals surface area contributed by atoms with Gasteiger partial charge in [0.25, 0.3) is 0 Å². The zero-order valence-corrected chi connectivity index (χ0v) is 13.2. The minimum atomic E-state index is 0.738. The molecule has 4 nitrogen and oxygen atoms in total. The van der Waals surface area contributed by atoms with Gasteiger partial charge in [-0.15, -0.1) is 0 Å². The first-order valence-corrected chi connectivity index (χ1v) is 7.31. The van der Waals surface area contributed by atoms with Crippen LogP contribution in [0.5, 0.6) is 0 Å². The fourth-order valence-corrected chi connectivity index (χ4v) is 2.87. The fraction of sp³-hybridized carbons (Fsp3) is 0.312. The van der Waals surface area contributed by atoms with E-state index in [0.29, 0.717) is 0 Å². The molecule has 3 rings (SSSR count). The van der Waals surface area contributed by atoms with Crippen LogP contribution >= 0.6 is 11.6 Å². The second-order valence-electron chi connectivity index (χ2n) is 5.28. The van der Waals surface area contributed by atoms with Gasteiger partial charge < -0.3 is 14.4 Å². The summed E-state index contributed by atoms with van der Waals surface area (Å²) in [7, 11) is 1.95. The number of rotatable bonds is 4. The molecule has 0 saturated carbocycles. The highest BCUT2D eigenvalue weighted by atomic mass is 35.5. The van der Waals surface area contributed by atoms with Gasteiger partial charge in [-0.1, -0.05) is 22.8 Å². The second kappa shape index (κ2) is 5.54. The first-order valence-electron chi connectivity index (χ1n) is 6.93. The predicted octanol–water partition coefficient (Wildman–Crippen LogP) is 3.67. The molecule has 0 fully saturated rings. The molecule has 0 unspecified atom stereocenters. The smallest absolute Gasteiger partial charge is 0.138 e. The Bertz CT molecular complexity index is 769. The van der Waals surface area contributed by atoms with Gasteiger partial charge in [0.2, 0.25) is 0 Å². The van der Waals surface area contributed by atoms with E-state index >= 15 is 0 Å². The Labute approximate surface area is 128 Å². The summed E-state index contributed by atoms with van der Waals surface area (Å²) in [5.41, 5.74) is 4.46. The molecule has 0 spiro atoms. The fourth-order valence-electron chi connectivity index (χ4n) is 2.70. The van der Waals surface area contributed by atoms with Crippen molar-refractivity contribution in [1.29, 1.82) is 0 Å². The van der Waals surface area contributed by atoms with E-state index in [1.54, 1.807) is 0 Å². The Balaban J connectivity index is 2.11. The summed E-state index contributed by atoms with van der Waals surface area (Å²) in [4.78, 5) is 0. The number of aromatic nitrogens is 2. The third-order valence-corrected chi connectivity index (χ3v) is 4.04. The Hall–Kier alpha value is -1.78. The molecule has 0 aliphatic heterocycles. The number of hydrogen-bond acceptors (Lipinski definition) is 3. The monoisotopic (exact) mass is 303 g/mol. The number of nitrogens with one attached hydrogen (secondary N) is 1. The van der Waals surface area contributed by atoms with Gasteiger partial charge in [0.15, 0.2) is 0 Å². The molecule has 0 saturated heterocycles. The van der Waals surface area contributed by atoms with E-state index in [0.717, 1.165) is 40.6 Å². The molecule has 2 heterocycles. The third-order valence-electron chi connectivity index (χ3n) is 3.80. The zero-order chi connectivity index (χ0) is 15.0. The van der Waals surface area contributed by atoms with Gasteiger partial charge in [-0.2, -0.15) is 0 Å². The summed E-state index contributed by atoms with van der Waals surface area (Å²) in [6.45, 7) is 5.48. The lowest BCUT2D eigenvalue weighted by atomic mass is 10.2. The van der Waals surface area contributed by atoms with Gasteiger partial charge in [-0.25, -0.2) is 0 Å². The van der Waals surface area contributed by atoms with Crippen LogP contribution in [0.15, 0.2) is 28.9 Å². The molecule has 0 amide bonds. The Morgan fingerprint density at radius 1 is 1.33 bits per heavy atom. The maximum Gasteiger partial charge on any atom is 0.138 e. The second-order valence-corrected chi connectivity index (χ2v) is 5.71. The van der Waals surface area contributed by atoms with Crippen LogP contribution in [0.3, 0.4) is 0 Å². The minimum Gasteiger partial charge on any atom is -0.361 e. The topological polar surface area (TPSA) is 43.0 Å². The highest BCUT2D eigenvalue weighted by Crippen LogP contribution is 2.26. The summed E-state index contributed by atoms with van der Waals surface area (Å²) < 4.78 is 7.46. The molecule has 2 aromatic heterocycles. The van der Waals surface area contributed by atoms with Gasteiger partial charge >= 0.3 is 0 Å². The number of nitrogens with zero attached hydrogens (tertiary/aromatic N) is 2. The molecule has 0 aliphatic carbocycles. The minimum absolute atomic E-state index is 0.738. The number of benzene rings is 1. The van der Waals surface area contributed by atoms with Crippen LogP contribution in [0.25, 0.3) is 10.9 Å². The third kappa shape index (κ3) is 2.57. The lowest BCUT2D eigenvalue weighted by Gasteiger charge is -2.05. The van der Waals surface area contributed by atoms with E-state index < -0.39 is 0 Å². The molecular weight excluding hydrogens is 286 g/mol. The van der Waals surface area contributed by atoms with Crippen LogP contribution in [0.4, 0.5) is 0 Å². The summed E-state index contributed by atoms with van der Waals surface area (Å²) in [6, 6.07) is 6.02. The summed E-state index contributed by atoms with van der Waals surface area (Å²) >= 11 is 6.16. The van der Waals surface area contributed by atoms with Gasteiger partial charge in [0, 0.05) is 28.7 Å². The molecule has 1 N–H and O–H groups in total. The van der Waals surface area contributed by atoms with Gasteiger partial charge in [0.1, 0.15) is 5.76 Å². The molecule has 0 aliphatic rings. The zero-order valence-electron chi connectivity index (χ0n) is 12.4. The van der Waals surface area contributed by atoms with E-state index in [-0.39, 0.29) is 0 Å². The van der Waals surface area contributed by atoms with Crippen molar-refractivity contribution in [2.45, 2.75) is 26.9 Å². The van der Waals surface area contributed by atoms with Crippen molar-refractivity contribution >= 4 is 22.5 Å². The lowest BCUT2D eigenvalue weighted by molar-refractivity contribution is 0.392. The molecule has 1 aromatic carbocycles. The van der Waals surface area contributed by atoms with Crippen molar-refractivity contribution in [2.24, 2.45) is 0 Å². The average Bonchev–Trinajstić information content (AvgIpc) is 2.95. The Morgan fingerprint density at radius 3 is 2.81 bits per heavy atom. The van der Waals surface area contributed by atoms with Gasteiger partial charge in [-0.05, 0) is 38.6 Å². The summed E-state index contributed by atoms with van der Waals surface area (Å²) in [6.07, 6.45) is 2.17. The van der Waals surface area contributed by atoms with Crippen molar-refractivity contribution in [3.8, 4) is 0 Å². The van der Waals surface area contributed by atoms with Crippen molar-refractivity contribution in [1.82, 2.24) is 15.0 Å². The van der Waals surface area contributed by atoms with E-state index in [1.165, 1.54) is 10.9 Å². The van der Waals surface area contributed by atoms with E-state index in [9.17, 15) is 0 Å². The number of halogens is 1. The Kier molecular flexibility index (Phi) is 3.74. The molecular formula is C16H18ClN3O. The standard InChI is InChI=1S/C16H18ClN3O/c1-10-15(11(2)21-19-10)9-20-8-12(7-18-3)14-5-4-13(17)6-16(14)20/h4-6,8,18H,7,9H2,1-3H3.